The number of aryl methyl sites for hydroxylation is 1. The molecule has 0 unspecified atom stereocenters. The molecule has 0 amide bonds. The van der Waals surface area contributed by atoms with Crippen molar-refractivity contribution in [1.82, 2.24) is 4.52 Å². The van der Waals surface area contributed by atoms with E-state index in [1.54, 1.807) is 11.3 Å². The molecule has 27 heavy (non-hydrogen) atoms. The second kappa shape index (κ2) is 6.60. The van der Waals surface area contributed by atoms with Crippen molar-refractivity contribution < 1.29 is 4.36 Å². The molecule has 0 bridgehead atoms. The summed E-state index contributed by atoms with van der Waals surface area (Å²) in [5.74, 6) is 0. The van der Waals surface area contributed by atoms with Gasteiger partial charge in [-0.25, -0.2) is 0 Å². The second-order valence-electron chi connectivity index (χ2n) is 6.68. The highest BCUT2D eigenvalue weighted by Crippen LogP contribution is 2.32. The van der Waals surface area contributed by atoms with Crippen LogP contribution in [0, 0.1) is 13.1 Å². The molecule has 0 saturated heterocycles. The molecule has 134 valence electrons. The van der Waals surface area contributed by atoms with Gasteiger partial charge in [0.1, 0.15) is 11.2 Å². The SMILES string of the molecule is Cc1cc(/C=C/c2ccc(-c3cccs3)s2)n2c1c(CCN)c1[n+]2=CC=C1. The Morgan fingerprint density at radius 3 is 2.93 bits per heavy atom. The molecule has 1 aliphatic rings. The number of allylic oxidation sites excluding steroid dienone is 1. The molecule has 0 spiro atoms. The van der Waals surface area contributed by atoms with Gasteiger partial charge in [0.15, 0.2) is 0 Å². The fourth-order valence-electron chi connectivity index (χ4n) is 3.82. The summed E-state index contributed by atoms with van der Waals surface area (Å²) in [7, 11) is 0. The average Bonchev–Trinajstić information content (AvgIpc) is 3.45. The maximum absolute atomic E-state index is 5.87. The fraction of sp³-hybridized carbons (Fsp3) is 0.136. The Hall–Kier alpha value is -2.47. The molecule has 3 nitrogen and oxygen atoms in total. The van der Waals surface area contributed by atoms with E-state index in [0.717, 1.165) is 6.42 Å². The Bertz CT molecular complexity index is 1240. The van der Waals surface area contributed by atoms with Crippen molar-refractivity contribution in [2.45, 2.75) is 13.3 Å². The third kappa shape index (κ3) is 2.70. The standard InChI is InChI=1S/C22H20N3S2/c1-15-14-16(6-7-17-8-9-21(27-17)20-5-3-13-26-20)25-22(15)18(10-11-23)19-4-2-12-24(19)25/h2-9,12-14H,10-11,23H2,1H3/q+1/b7-6+. The van der Waals surface area contributed by atoms with Crippen LogP contribution in [0.3, 0.4) is 0 Å². The molecular formula is C22H20N3S2+. The number of thiophene rings is 2. The zero-order chi connectivity index (χ0) is 18.4. The van der Waals surface area contributed by atoms with Gasteiger partial charge in [-0.3, -0.25) is 0 Å². The summed E-state index contributed by atoms with van der Waals surface area (Å²) in [4.78, 5) is 3.92. The van der Waals surface area contributed by atoms with E-state index < -0.39 is 0 Å². The summed E-state index contributed by atoms with van der Waals surface area (Å²) in [5.41, 5.74) is 12.3. The number of nitrogens with two attached hydrogens (primary N) is 1. The summed E-state index contributed by atoms with van der Waals surface area (Å²) in [6, 6.07) is 11.0. The lowest BCUT2D eigenvalue weighted by Crippen LogP contribution is -2.24. The van der Waals surface area contributed by atoms with Gasteiger partial charge >= 0.3 is 0 Å². The first-order chi connectivity index (χ1) is 13.3. The highest BCUT2D eigenvalue weighted by Gasteiger charge is 2.26. The smallest absolute Gasteiger partial charge is 0.242 e. The number of aromatic nitrogens is 2. The zero-order valence-electron chi connectivity index (χ0n) is 15.1. The van der Waals surface area contributed by atoms with Gasteiger partial charge < -0.3 is 5.73 Å². The first-order valence-corrected chi connectivity index (χ1v) is 10.7. The Labute approximate surface area is 166 Å². The fourth-order valence-corrected chi connectivity index (χ4v) is 5.57. The number of hydrogen-bond acceptors (Lipinski definition) is 3. The normalized spacial score (nSPS) is 13.1. The summed E-state index contributed by atoms with van der Waals surface area (Å²) < 4.78 is 4.54. The maximum atomic E-state index is 5.87. The van der Waals surface area contributed by atoms with E-state index in [9.17, 15) is 0 Å². The van der Waals surface area contributed by atoms with Gasteiger partial charge in [0.25, 0.3) is 0 Å². The third-order valence-corrected chi connectivity index (χ3v) is 7.05. The summed E-state index contributed by atoms with van der Waals surface area (Å²) in [6.45, 7) is 2.85. The van der Waals surface area contributed by atoms with Gasteiger partial charge in [-0.05, 0) is 67.3 Å². The Morgan fingerprint density at radius 1 is 1.19 bits per heavy atom. The van der Waals surface area contributed by atoms with Gasteiger partial charge in [0.05, 0.1) is 5.56 Å². The Kier molecular flexibility index (Phi) is 4.08. The van der Waals surface area contributed by atoms with E-state index in [1.165, 1.54) is 42.7 Å². The lowest BCUT2D eigenvalue weighted by Gasteiger charge is -1.92. The monoisotopic (exact) mass is 390 g/mol. The van der Waals surface area contributed by atoms with Crippen molar-refractivity contribution in [3.05, 3.63) is 75.4 Å². The van der Waals surface area contributed by atoms with Crippen molar-refractivity contribution in [3.63, 3.8) is 0 Å². The summed E-state index contributed by atoms with van der Waals surface area (Å²) in [6.07, 6.45) is 11.7. The molecule has 1 aliphatic heterocycles. The van der Waals surface area contributed by atoms with Gasteiger partial charge in [0, 0.05) is 26.8 Å². The molecule has 4 aromatic rings. The first-order valence-electron chi connectivity index (χ1n) is 9.05. The van der Waals surface area contributed by atoms with Crippen molar-refractivity contribution in [3.8, 4) is 9.75 Å². The molecule has 5 rings (SSSR count). The van der Waals surface area contributed by atoms with E-state index in [4.69, 9.17) is 5.73 Å². The summed E-state index contributed by atoms with van der Waals surface area (Å²) >= 11 is 3.62. The molecule has 0 atom stereocenters. The van der Waals surface area contributed by atoms with Crippen LogP contribution in [0.1, 0.15) is 27.4 Å². The van der Waals surface area contributed by atoms with Crippen molar-refractivity contribution in [1.29, 1.82) is 0 Å². The molecule has 2 N–H and O–H groups in total. The number of fused-ring (bicyclic) bond motifs is 3. The zero-order valence-corrected chi connectivity index (χ0v) is 16.7. The lowest BCUT2D eigenvalue weighted by atomic mass is 10.1. The van der Waals surface area contributed by atoms with Crippen LogP contribution in [-0.2, 0) is 6.42 Å². The third-order valence-electron chi connectivity index (χ3n) is 4.94. The van der Waals surface area contributed by atoms with E-state index in [-0.39, 0.29) is 0 Å². The Balaban J connectivity index is 1.57. The van der Waals surface area contributed by atoms with Gasteiger partial charge in [0.2, 0.25) is 11.9 Å². The van der Waals surface area contributed by atoms with Crippen LogP contribution >= 0.6 is 22.7 Å². The number of nitrogens with zero attached hydrogens (tertiary/aromatic N) is 2. The predicted molar refractivity (Wildman–Crippen MR) is 116 cm³/mol. The van der Waals surface area contributed by atoms with Crippen LogP contribution < -0.4 is 10.1 Å². The van der Waals surface area contributed by atoms with Gasteiger partial charge in [-0.1, -0.05) is 10.4 Å². The quantitative estimate of drug-likeness (QED) is 0.490. The van der Waals surface area contributed by atoms with Crippen molar-refractivity contribution in [2.24, 2.45) is 5.73 Å². The molecule has 0 saturated carbocycles. The van der Waals surface area contributed by atoms with Crippen molar-refractivity contribution in [2.75, 3.05) is 6.54 Å². The lowest BCUT2D eigenvalue weighted by molar-refractivity contribution is -0.583. The number of hydrogen-bond donors (Lipinski definition) is 1. The highest BCUT2D eigenvalue weighted by atomic mass is 32.1. The Morgan fingerprint density at radius 2 is 2.11 bits per heavy atom. The minimum atomic E-state index is 0.664. The maximum Gasteiger partial charge on any atom is 0.242 e. The first kappa shape index (κ1) is 16.7. The van der Waals surface area contributed by atoms with E-state index in [1.807, 2.05) is 11.3 Å². The predicted octanol–water partition coefficient (Wildman–Crippen LogP) is 4.75. The minimum absolute atomic E-state index is 0.664. The van der Waals surface area contributed by atoms with Crippen LogP contribution in [0.25, 0.3) is 33.5 Å². The van der Waals surface area contributed by atoms with Gasteiger partial charge in [-0.2, -0.15) is 0 Å². The highest BCUT2D eigenvalue weighted by molar-refractivity contribution is 7.21. The topological polar surface area (TPSA) is 36.3 Å². The molecule has 0 fully saturated rings. The molecule has 4 aromatic heterocycles. The van der Waals surface area contributed by atoms with Crippen LogP contribution in [0.4, 0.5) is 0 Å². The molecule has 5 heterocycles. The van der Waals surface area contributed by atoms with E-state index >= 15 is 0 Å². The van der Waals surface area contributed by atoms with Crippen LogP contribution in [-0.4, -0.2) is 11.1 Å². The largest absolute Gasteiger partial charge is 0.330 e. The molecular weight excluding hydrogens is 370 g/mol. The van der Waals surface area contributed by atoms with Crippen LogP contribution in [0.2, 0.25) is 0 Å². The van der Waals surface area contributed by atoms with Crippen LogP contribution in [0.15, 0.2) is 41.8 Å². The van der Waals surface area contributed by atoms with Crippen molar-refractivity contribution >= 4 is 46.4 Å². The molecule has 0 aromatic carbocycles. The summed E-state index contributed by atoms with van der Waals surface area (Å²) in [5, 5.41) is 2.13. The molecule has 5 heteroatoms. The average molecular weight is 391 g/mol. The second-order valence-corrected chi connectivity index (χ2v) is 8.74. The van der Waals surface area contributed by atoms with E-state index in [0.29, 0.717) is 6.54 Å². The van der Waals surface area contributed by atoms with Gasteiger partial charge in [-0.15, -0.1) is 27.2 Å². The van der Waals surface area contributed by atoms with E-state index in [2.05, 4.69) is 82.0 Å². The number of rotatable bonds is 5. The molecule has 0 aliphatic carbocycles. The molecule has 0 radical (unpaired) electrons. The van der Waals surface area contributed by atoms with Crippen LogP contribution in [0.5, 0.6) is 0 Å². The minimum Gasteiger partial charge on any atom is -0.330 e.